The molecule has 0 radical (unpaired) electrons. The largest absolute Gasteiger partial charge is 0.388 e. The summed E-state index contributed by atoms with van der Waals surface area (Å²) in [7, 11) is -3.74. The highest BCUT2D eigenvalue weighted by molar-refractivity contribution is 7.93. The van der Waals surface area contributed by atoms with Crippen LogP contribution in [0, 0.1) is 0 Å². The predicted octanol–water partition coefficient (Wildman–Crippen LogP) is 1.18. The Kier molecular flexibility index (Phi) is 4.08. The SMILES string of the molecule is CCC(O)c1cccc(S(=O)(=O)Nc2nnns2)c1. The molecule has 7 nitrogen and oxygen atoms in total. The number of nitrogens with one attached hydrogen (secondary N) is 1. The van der Waals surface area contributed by atoms with Crippen LogP contribution in [0.3, 0.4) is 0 Å². The molecule has 0 saturated carbocycles. The van der Waals surface area contributed by atoms with Gasteiger partial charge in [-0.2, -0.15) is 0 Å². The quantitative estimate of drug-likeness (QED) is 0.859. The van der Waals surface area contributed by atoms with Crippen LogP contribution in [0.1, 0.15) is 25.0 Å². The third-order valence-electron chi connectivity index (χ3n) is 2.46. The molecule has 2 rings (SSSR count). The molecule has 0 aliphatic rings. The third kappa shape index (κ3) is 3.25. The second-order valence-corrected chi connectivity index (χ2v) is 6.18. The Balaban J connectivity index is 2.30. The van der Waals surface area contributed by atoms with Crippen molar-refractivity contribution in [3.05, 3.63) is 29.8 Å². The van der Waals surface area contributed by atoms with Gasteiger partial charge in [-0.3, -0.25) is 4.72 Å². The number of anilines is 1. The lowest BCUT2D eigenvalue weighted by molar-refractivity contribution is 0.173. The summed E-state index contributed by atoms with van der Waals surface area (Å²) in [6, 6.07) is 6.15. The highest BCUT2D eigenvalue weighted by Gasteiger charge is 2.17. The van der Waals surface area contributed by atoms with Gasteiger partial charge < -0.3 is 5.11 Å². The van der Waals surface area contributed by atoms with Crippen LogP contribution < -0.4 is 4.72 Å². The molecule has 0 bridgehead atoms. The second-order valence-electron chi connectivity index (χ2n) is 3.77. The molecular weight excluding hydrogens is 288 g/mol. The predicted molar refractivity (Wildman–Crippen MR) is 70.2 cm³/mol. The first-order valence-electron chi connectivity index (χ1n) is 5.49. The molecule has 1 unspecified atom stereocenters. The van der Waals surface area contributed by atoms with E-state index in [1.54, 1.807) is 12.1 Å². The number of hydrogen-bond donors (Lipinski definition) is 2. The van der Waals surface area contributed by atoms with Crippen molar-refractivity contribution in [2.24, 2.45) is 0 Å². The van der Waals surface area contributed by atoms with Crippen LogP contribution in [0.4, 0.5) is 5.13 Å². The smallest absolute Gasteiger partial charge is 0.263 e. The van der Waals surface area contributed by atoms with Gasteiger partial charge in [0.05, 0.1) is 11.0 Å². The van der Waals surface area contributed by atoms with Gasteiger partial charge in [0.1, 0.15) is 0 Å². The standard InChI is InChI=1S/C10H12N4O3S2/c1-2-9(15)7-4-3-5-8(6-7)19(16,17)12-10-11-13-14-18-10/h3-6,9,15H,2H2,1H3,(H,11,12,14). The Bertz CT molecular complexity index is 643. The van der Waals surface area contributed by atoms with Gasteiger partial charge in [-0.15, -0.1) is 0 Å². The van der Waals surface area contributed by atoms with Crippen LogP contribution >= 0.6 is 11.5 Å². The topological polar surface area (TPSA) is 105 Å². The fourth-order valence-corrected chi connectivity index (χ4v) is 3.11. The number of aliphatic hydroxyl groups is 1. The number of aromatic nitrogens is 3. The lowest BCUT2D eigenvalue weighted by Crippen LogP contribution is -2.13. The van der Waals surface area contributed by atoms with Crippen molar-refractivity contribution in [2.75, 3.05) is 4.72 Å². The summed E-state index contributed by atoms with van der Waals surface area (Å²) in [5.41, 5.74) is 0.556. The molecule has 2 aromatic rings. The molecule has 1 aromatic carbocycles. The van der Waals surface area contributed by atoms with Gasteiger partial charge in [0.15, 0.2) is 0 Å². The summed E-state index contributed by atoms with van der Waals surface area (Å²) in [5, 5.41) is 16.7. The van der Waals surface area contributed by atoms with E-state index in [1.165, 1.54) is 12.1 Å². The molecule has 0 fully saturated rings. The molecule has 9 heteroatoms. The van der Waals surface area contributed by atoms with E-state index in [2.05, 4.69) is 19.5 Å². The zero-order chi connectivity index (χ0) is 13.9. The maximum atomic E-state index is 12.1. The molecule has 102 valence electrons. The second kappa shape index (κ2) is 5.59. The Morgan fingerprint density at radius 1 is 1.47 bits per heavy atom. The molecule has 1 aromatic heterocycles. The molecule has 2 N–H and O–H groups in total. The third-order valence-corrected chi connectivity index (χ3v) is 4.44. The van der Waals surface area contributed by atoms with Crippen LogP contribution in [0.2, 0.25) is 0 Å². The normalized spacial score (nSPS) is 13.2. The molecule has 1 heterocycles. The van der Waals surface area contributed by atoms with E-state index in [9.17, 15) is 13.5 Å². The van der Waals surface area contributed by atoms with Crippen molar-refractivity contribution in [3.63, 3.8) is 0 Å². The van der Waals surface area contributed by atoms with Gasteiger partial charge in [0.2, 0.25) is 5.13 Å². The summed E-state index contributed by atoms with van der Waals surface area (Å²) >= 11 is 0.848. The van der Waals surface area contributed by atoms with Crippen LogP contribution in [0.15, 0.2) is 29.2 Å². The maximum absolute atomic E-state index is 12.1. The molecule has 0 aliphatic heterocycles. The summed E-state index contributed by atoms with van der Waals surface area (Å²) < 4.78 is 29.9. The van der Waals surface area contributed by atoms with E-state index in [4.69, 9.17) is 0 Å². The monoisotopic (exact) mass is 300 g/mol. The fourth-order valence-electron chi connectivity index (χ4n) is 1.47. The number of aliphatic hydroxyl groups excluding tert-OH is 1. The Morgan fingerprint density at radius 2 is 2.26 bits per heavy atom. The number of hydrogen-bond acceptors (Lipinski definition) is 7. The van der Waals surface area contributed by atoms with Gasteiger partial charge in [0, 0.05) is 11.5 Å². The van der Waals surface area contributed by atoms with Crippen molar-refractivity contribution in [1.29, 1.82) is 0 Å². The van der Waals surface area contributed by atoms with Gasteiger partial charge >= 0.3 is 0 Å². The van der Waals surface area contributed by atoms with Crippen LogP contribution in [-0.4, -0.2) is 28.3 Å². The van der Waals surface area contributed by atoms with Gasteiger partial charge in [-0.1, -0.05) is 28.6 Å². The molecule has 0 saturated heterocycles. The zero-order valence-electron chi connectivity index (χ0n) is 10.0. The molecular formula is C10H12N4O3S2. The van der Waals surface area contributed by atoms with E-state index in [1.807, 2.05) is 6.92 Å². The first-order valence-corrected chi connectivity index (χ1v) is 7.74. The van der Waals surface area contributed by atoms with Crippen molar-refractivity contribution in [1.82, 2.24) is 14.8 Å². The van der Waals surface area contributed by atoms with Crippen LogP contribution in [0.5, 0.6) is 0 Å². The molecule has 1 atom stereocenters. The summed E-state index contributed by atoms with van der Waals surface area (Å²) in [4.78, 5) is 0.0627. The minimum absolute atomic E-state index is 0.0627. The van der Waals surface area contributed by atoms with Crippen LogP contribution in [0.25, 0.3) is 0 Å². The first-order chi connectivity index (χ1) is 9.03. The lowest BCUT2D eigenvalue weighted by atomic mass is 10.1. The van der Waals surface area contributed by atoms with E-state index in [0.717, 1.165) is 11.5 Å². The Morgan fingerprint density at radius 3 is 2.89 bits per heavy atom. The Labute approximate surface area is 114 Å². The van der Waals surface area contributed by atoms with E-state index >= 15 is 0 Å². The van der Waals surface area contributed by atoms with Gasteiger partial charge in [-0.05, 0) is 29.3 Å². The van der Waals surface area contributed by atoms with Gasteiger partial charge in [-0.25, -0.2) is 8.42 Å². The molecule has 0 amide bonds. The van der Waals surface area contributed by atoms with Crippen molar-refractivity contribution in [3.8, 4) is 0 Å². The first kappa shape index (κ1) is 13.8. The van der Waals surface area contributed by atoms with Gasteiger partial charge in [0.25, 0.3) is 10.0 Å². The average Bonchev–Trinajstić information content (AvgIpc) is 2.90. The fraction of sp³-hybridized carbons (Fsp3) is 0.300. The van der Waals surface area contributed by atoms with Crippen molar-refractivity contribution in [2.45, 2.75) is 24.3 Å². The van der Waals surface area contributed by atoms with Crippen molar-refractivity contribution >= 4 is 26.7 Å². The van der Waals surface area contributed by atoms with E-state index < -0.39 is 16.1 Å². The molecule has 19 heavy (non-hydrogen) atoms. The zero-order valence-corrected chi connectivity index (χ0v) is 11.6. The van der Waals surface area contributed by atoms with E-state index in [0.29, 0.717) is 12.0 Å². The highest BCUT2D eigenvalue weighted by Crippen LogP contribution is 2.21. The number of benzene rings is 1. The Hall–Kier alpha value is -1.58. The van der Waals surface area contributed by atoms with Crippen molar-refractivity contribution < 1.29 is 13.5 Å². The average molecular weight is 300 g/mol. The molecule has 0 spiro atoms. The highest BCUT2D eigenvalue weighted by atomic mass is 32.2. The maximum Gasteiger partial charge on any atom is 0.263 e. The van der Waals surface area contributed by atoms with E-state index in [-0.39, 0.29) is 10.0 Å². The summed E-state index contributed by atoms with van der Waals surface area (Å²) in [6.45, 7) is 1.82. The minimum Gasteiger partial charge on any atom is -0.388 e. The lowest BCUT2D eigenvalue weighted by Gasteiger charge is -2.10. The molecule has 0 aliphatic carbocycles. The van der Waals surface area contributed by atoms with Crippen LogP contribution in [-0.2, 0) is 10.0 Å². The summed E-state index contributed by atoms with van der Waals surface area (Å²) in [5.74, 6) is 0. The number of rotatable bonds is 5. The number of nitrogens with zero attached hydrogens (tertiary/aromatic N) is 3. The summed E-state index contributed by atoms with van der Waals surface area (Å²) in [6.07, 6.45) is -0.171. The number of sulfonamides is 1. The minimum atomic E-state index is -3.74.